The van der Waals surface area contributed by atoms with Gasteiger partial charge in [0.15, 0.2) is 0 Å². The maximum atomic E-state index is 13.3. The number of rotatable bonds is 2. The first-order chi connectivity index (χ1) is 7.69. The van der Waals surface area contributed by atoms with E-state index < -0.39 is 24.3 Å². The van der Waals surface area contributed by atoms with Crippen LogP contribution in [0.5, 0.6) is 0 Å². The molecule has 2 nitrogen and oxygen atoms in total. The molecule has 0 heterocycles. The van der Waals surface area contributed by atoms with Gasteiger partial charge in [-0.3, -0.25) is 4.79 Å². The van der Waals surface area contributed by atoms with Crippen molar-refractivity contribution in [3.63, 3.8) is 0 Å². The standard InChI is InChI=1S/C10H8ClF4NO/c1-5-2-6(11)3-7(12)9(5)16-8(17)4-10(13,14)15/h2-3H,4H2,1H3,(H,16,17). The molecule has 0 saturated carbocycles. The molecule has 17 heavy (non-hydrogen) atoms. The van der Waals surface area contributed by atoms with Crippen LogP contribution in [0.3, 0.4) is 0 Å². The molecule has 1 aromatic rings. The number of hydrogen-bond donors (Lipinski definition) is 1. The van der Waals surface area contributed by atoms with Crippen LogP contribution in [0.15, 0.2) is 12.1 Å². The minimum Gasteiger partial charge on any atom is -0.323 e. The second kappa shape index (κ2) is 4.91. The zero-order valence-corrected chi connectivity index (χ0v) is 9.42. The highest BCUT2D eigenvalue weighted by Gasteiger charge is 2.31. The van der Waals surface area contributed by atoms with E-state index in [4.69, 9.17) is 11.6 Å². The van der Waals surface area contributed by atoms with Crippen LogP contribution in [0.2, 0.25) is 5.02 Å². The van der Waals surface area contributed by atoms with Crippen molar-refractivity contribution < 1.29 is 22.4 Å². The lowest BCUT2D eigenvalue weighted by atomic mass is 10.2. The van der Waals surface area contributed by atoms with Crippen molar-refractivity contribution >= 4 is 23.2 Å². The minimum absolute atomic E-state index is 0.105. The van der Waals surface area contributed by atoms with E-state index in [0.717, 1.165) is 6.07 Å². The molecular weight excluding hydrogens is 262 g/mol. The molecule has 0 spiro atoms. The third-order valence-electron chi connectivity index (χ3n) is 1.88. The Bertz CT molecular complexity index is 421. The molecule has 0 atom stereocenters. The molecule has 1 N–H and O–H groups in total. The van der Waals surface area contributed by atoms with Crippen molar-refractivity contribution in [1.29, 1.82) is 0 Å². The second-order valence-corrected chi connectivity index (χ2v) is 3.86. The summed E-state index contributed by atoms with van der Waals surface area (Å²) in [6, 6.07) is 2.26. The fourth-order valence-electron chi connectivity index (χ4n) is 1.23. The van der Waals surface area contributed by atoms with Crippen molar-refractivity contribution in [2.45, 2.75) is 19.5 Å². The SMILES string of the molecule is Cc1cc(Cl)cc(F)c1NC(=O)CC(F)(F)F. The Morgan fingerprint density at radius 2 is 2.00 bits per heavy atom. The minimum atomic E-state index is -4.62. The molecule has 0 aliphatic heterocycles. The highest BCUT2D eigenvalue weighted by molar-refractivity contribution is 6.30. The number of anilines is 1. The summed E-state index contributed by atoms with van der Waals surface area (Å²) in [6.07, 6.45) is -6.28. The summed E-state index contributed by atoms with van der Waals surface area (Å²) < 4.78 is 49.0. The van der Waals surface area contributed by atoms with Crippen LogP contribution in [0.1, 0.15) is 12.0 Å². The normalized spacial score (nSPS) is 11.4. The topological polar surface area (TPSA) is 29.1 Å². The van der Waals surface area contributed by atoms with Gasteiger partial charge in [0.1, 0.15) is 12.2 Å². The van der Waals surface area contributed by atoms with Gasteiger partial charge in [0.05, 0.1) is 5.69 Å². The summed E-state index contributed by atoms with van der Waals surface area (Å²) in [4.78, 5) is 11.0. The maximum Gasteiger partial charge on any atom is 0.397 e. The van der Waals surface area contributed by atoms with Gasteiger partial charge in [-0.1, -0.05) is 11.6 Å². The predicted octanol–water partition coefficient (Wildman–Crippen LogP) is 3.68. The summed E-state index contributed by atoms with van der Waals surface area (Å²) in [5, 5.41) is 1.98. The summed E-state index contributed by atoms with van der Waals surface area (Å²) in [6.45, 7) is 1.43. The van der Waals surface area contributed by atoms with E-state index in [0.29, 0.717) is 0 Å². The smallest absolute Gasteiger partial charge is 0.323 e. The Kier molecular flexibility index (Phi) is 3.98. The van der Waals surface area contributed by atoms with Crippen molar-refractivity contribution in [1.82, 2.24) is 0 Å². The van der Waals surface area contributed by atoms with Crippen LogP contribution in [-0.2, 0) is 4.79 Å². The Morgan fingerprint density at radius 1 is 1.41 bits per heavy atom. The fraction of sp³-hybridized carbons (Fsp3) is 0.300. The van der Waals surface area contributed by atoms with Gasteiger partial charge in [-0.2, -0.15) is 13.2 Å². The van der Waals surface area contributed by atoms with Gasteiger partial charge in [-0.05, 0) is 24.6 Å². The van der Waals surface area contributed by atoms with Crippen LogP contribution in [0, 0.1) is 12.7 Å². The fourth-order valence-corrected chi connectivity index (χ4v) is 1.49. The van der Waals surface area contributed by atoms with Crippen LogP contribution in [0.25, 0.3) is 0 Å². The highest BCUT2D eigenvalue weighted by Crippen LogP contribution is 2.26. The number of carbonyl (C=O) groups is 1. The lowest BCUT2D eigenvalue weighted by Gasteiger charge is -2.11. The highest BCUT2D eigenvalue weighted by atomic mass is 35.5. The molecule has 0 saturated heterocycles. The third kappa shape index (κ3) is 4.22. The molecule has 0 unspecified atom stereocenters. The Labute approximate surface area is 99.6 Å². The molecule has 0 aliphatic rings. The Morgan fingerprint density at radius 3 is 2.47 bits per heavy atom. The average molecular weight is 270 g/mol. The van der Waals surface area contributed by atoms with E-state index in [-0.39, 0.29) is 16.3 Å². The lowest BCUT2D eigenvalue weighted by Crippen LogP contribution is -2.22. The molecule has 0 aromatic heterocycles. The lowest BCUT2D eigenvalue weighted by molar-refractivity contribution is -0.150. The largest absolute Gasteiger partial charge is 0.397 e. The Hall–Kier alpha value is -1.30. The second-order valence-electron chi connectivity index (χ2n) is 3.42. The first-order valence-corrected chi connectivity index (χ1v) is 4.89. The molecule has 0 aliphatic carbocycles. The average Bonchev–Trinajstić information content (AvgIpc) is 2.08. The zero-order chi connectivity index (χ0) is 13.2. The number of halogens is 5. The molecule has 0 fully saturated rings. The summed E-state index contributed by atoms with van der Waals surface area (Å²) >= 11 is 5.53. The molecule has 1 aromatic carbocycles. The number of amides is 1. The molecule has 1 amide bonds. The van der Waals surface area contributed by atoms with Gasteiger partial charge in [-0.25, -0.2) is 4.39 Å². The molecule has 1 rings (SSSR count). The molecule has 0 bridgehead atoms. The Balaban J connectivity index is 2.86. The van der Waals surface area contributed by atoms with Crippen LogP contribution >= 0.6 is 11.6 Å². The number of benzene rings is 1. The predicted molar refractivity (Wildman–Crippen MR) is 55.4 cm³/mol. The van der Waals surface area contributed by atoms with Crippen LogP contribution in [-0.4, -0.2) is 12.1 Å². The van der Waals surface area contributed by atoms with Crippen molar-refractivity contribution in [2.24, 2.45) is 0 Å². The summed E-state index contributed by atoms with van der Waals surface area (Å²) in [7, 11) is 0. The first-order valence-electron chi connectivity index (χ1n) is 4.51. The van der Waals surface area contributed by atoms with Gasteiger partial charge in [0.25, 0.3) is 0 Å². The van der Waals surface area contributed by atoms with E-state index >= 15 is 0 Å². The maximum absolute atomic E-state index is 13.3. The quantitative estimate of drug-likeness (QED) is 0.815. The van der Waals surface area contributed by atoms with Crippen LogP contribution < -0.4 is 5.32 Å². The monoisotopic (exact) mass is 269 g/mol. The zero-order valence-electron chi connectivity index (χ0n) is 8.66. The molecule has 0 radical (unpaired) electrons. The summed E-state index contributed by atoms with van der Waals surface area (Å²) in [5.41, 5.74) is -0.0332. The number of nitrogens with one attached hydrogen (secondary N) is 1. The summed E-state index contributed by atoms with van der Waals surface area (Å²) in [5.74, 6) is -2.19. The van der Waals surface area contributed by atoms with Gasteiger partial charge in [0, 0.05) is 5.02 Å². The number of alkyl halides is 3. The molecule has 94 valence electrons. The third-order valence-corrected chi connectivity index (χ3v) is 2.10. The van der Waals surface area contributed by atoms with Crippen molar-refractivity contribution in [3.05, 3.63) is 28.5 Å². The molecule has 7 heteroatoms. The molecular formula is C10H8ClF4NO. The van der Waals surface area contributed by atoms with E-state index in [9.17, 15) is 22.4 Å². The van der Waals surface area contributed by atoms with Crippen LogP contribution in [0.4, 0.5) is 23.2 Å². The van der Waals surface area contributed by atoms with Gasteiger partial charge in [0.2, 0.25) is 5.91 Å². The first kappa shape index (κ1) is 13.8. The van der Waals surface area contributed by atoms with Crippen molar-refractivity contribution in [3.8, 4) is 0 Å². The number of aryl methyl sites for hydroxylation is 1. The van der Waals surface area contributed by atoms with E-state index in [1.54, 1.807) is 0 Å². The number of hydrogen-bond acceptors (Lipinski definition) is 1. The van der Waals surface area contributed by atoms with Gasteiger partial charge >= 0.3 is 6.18 Å². The van der Waals surface area contributed by atoms with Crippen molar-refractivity contribution in [2.75, 3.05) is 5.32 Å². The van der Waals surface area contributed by atoms with E-state index in [1.807, 2.05) is 5.32 Å². The van der Waals surface area contributed by atoms with E-state index in [1.165, 1.54) is 13.0 Å². The number of carbonyl (C=O) groups excluding carboxylic acids is 1. The van der Waals surface area contributed by atoms with Gasteiger partial charge < -0.3 is 5.32 Å². The van der Waals surface area contributed by atoms with Gasteiger partial charge in [-0.15, -0.1) is 0 Å². The van der Waals surface area contributed by atoms with E-state index in [2.05, 4.69) is 0 Å².